The van der Waals surface area contributed by atoms with Gasteiger partial charge in [-0.15, -0.1) is 0 Å². The Kier molecular flexibility index (Phi) is 5.34. The Labute approximate surface area is 127 Å². The molecule has 4 nitrogen and oxygen atoms in total. The monoisotopic (exact) mass is 287 g/mol. The van der Waals surface area contributed by atoms with Crippen LogP contribution < -0.4 is 10.2 Å². The Morgan fingerprint density at radius 1 is 1.05 bits per heavy atom. The van der Waals surface area contributed by atoms with Gasteiger partial charge < -0.3 is 18.9 Å². The first-order valence-electron chi connectivity index (χ1n) is 7.30. The summed E-state index contributed by atoms with van der Waals surface area (Å²) < 4.78 is 16.7. The molecule has 1 aliphatic rings. The van der Waals surface area contributed by atoms with E-state index >= 15 is 0 Å². The van der Waals surface area contributed by atoms with Crippen molar-refractivity contribution in [3.63, 3.8) is 0 Å². The van der Waals surface area contributed by atoms with Gasteiger partial charge in [-0.05, 0) is 25.2 Å². The number of benzene rings is 1. The molecular weight excluding hydrogens is 265 g/mol. The summed E-state index contributed by atoms with van der Waals surface area (Å²) in [4.78, 5) is 2.33. The van der Waals surface area contributed by atoms with Gasteiger partial charge in [0.2, 0.25) is 0 Å². The predicted molar refractivity (Wildman–Crippen MR) is 85.6 cm³/mol. The SMILES string of the molecule is C=C1OB(c2ccc(OCCN(CC)CC)cc2)OC1=C. The van der Waals surface area contributed by atoms with Gasteiger partial charge in [-0.2, -0.15) is 0 Å². The van der Waals surface area contributed by atoms with E-state index in [0.29, 0.717) is 18.1 Å². The number of ether oxygens (including phenoxy) is 1. The first-order chi connectivity index (χ1) is 10.1. The third-order valence-electron chi connectivity index (χ3n) is 3.53. The van der Waals surface area contributed by atoms with Crippen molar-refractivity contribution in [1.29, 1.82) is 0 Å². The maximum Gasteiger partial charge on any atom is 0.632 e. The Bertz CT molecular complexity index is 481. The molecule has 0 saturated carbocycles. The molecule has 0 spiro atoms. The number of nitrogens with zero attached hydrogens (tertiary/aromatic N) is 1. The van der Waals surface area contributed by atoms with Crippen molar-refractivity contribution in [2.45, 2.75) is 13.8 Å². The highest BCUT2D eigenvalue weighted by Gasteiger charge is 2.34. The topological polar surface area (TPSA) is 30.9 Å². The molecule has 1 aromatic rings. The lowest BCUT2D eigenvalue weighted by atomic mass is 9.79. The van der Waals surface area contributed by atoms with Crippen molar-refractivity contribution < 1.29 is 14.0 Å². The molecule has 1 aliphatic heterocycles. The van der Waals surface area contributed by atoms with Crippen molar-refractivity contribution in [2.24, 2.45) is 0 Å². The second kappa shape index (κ2) is 7.22. The fraction of sp³-hybridized carbons (Fsp3) is 0.375. The van der Waals surface area contributed by atoms with Crippen LogP contribution in [0.5, 0.6) is 5.75 Å². The lowest BCUT2D eigenvalue weighted by Gasteiger charge is -2.18. The van der Waals surface area contributed by atoms with Crippen LogP contribution in [0.2, 0.25) is 0 Å². The Balaban J connectivity index is 1.85. The maximum absolute atomic E-state index is 5.74. The molecule has 0 aliphatic carbocycles. The van der Waals surface area contributed by atoms with Gasteiger partial charge in [-0.25, -0.2) is 0 Å². The van der Waals surface area contributed by atoms with E-state index in [1.807, 2.05) is 24.3 Å². The highest BCUT2D eigenvalue weighted by atomic mass is 16.6. The van der Waals surface area contributed by atoms with Crippen molar-refractivity contribution in [3.8, 4) is 5.75 Å². The number of rotatable bonds is 7. The normalized spacial score (nSPS) is 14.3. The van der Waals surface area contributed by atoms with Gasteiger partial charge in [-0.3, -0.25) is 0 Å². The predicted octanol–water partition coefficient (Wildman–Crippen LogP) is 2.18. The van der Waals surface area contributed by atoms with Crippen LogP contribution in [0.1, 0.15) is 13.8 Å². The zero-order chi connectivity index (χ0) is 15.2. The van der Waals surface area contributed by atoms with E-state index in [1.54, 1.807) is 0 Å². The van der Waals surface area contributed by atoms with Gasteiger partial charge in [0, 0.05) is 12.0 Å². The van der Waals surface area contributed by atoms with Gasteiger partial charge in [0.1, 0.15) is 23.9 Å². The molecule has 0 unspecified atom stereocenters. The summed E-state index contributed by atoms with van der Waals surface area (Å²) in [5, 5.41) is 0. The van der Waals surface area contributed by atoms with Crippen molar-refractivity contribution in [3.05, 3.63) is 48.9 Å². The highest BCUT2D eigenvalue weighted by Crippen LogP contribution is 2.20. The average Bonchev–Trinajstić information content (AvgIpc) is 2.84. The zero-order valence-corrected chi connectivity index (χ0v) is 12.8. The van der Waals surface area contributed by atoms with E-state index in [0.717, 1.165) is 30.8 Å². The minimum absolute atomic E-state index is 0.449. The first-order valence-corrected chi connectivity index (χ1v) is 7.30. The summed E-state index contributed by atoms with van der Waals surface area (Å²) in [6.45, 7) is 15.5. The molecule has 0 amide bonds. The van der Waals surface area contributed by atoms with Crippen LogP contribution in [0.15, 0.2) is 48.9 Å². The van der Waals surface area contributed by atoms with Gasteiger partial charge in [0.25, 0.3) is 0 Å². The number of hydrogen-bond acceptors (Lipinski definition) is 4. The second-order valence-corrected chi connectivity index (χ2v) is 4.86. The molecule has 112 valence electrons. The minimum atomic E-state index is -0.449. The van der Waals surface area contributed by atoms with Crippen LogP contribution in [-0.2, 0) is 9.31 Å². The van der Waals surface area contributed by atoms with E-state index in [4.69, 9.17) is 14.0 Å². The minimum Gasteiger partial charge on any atom is -0.520 e. The van der Waals surface area contributed by atoms with Crippen LogP contribution in [0, 0.1) is 0 Å². The number of hydrogen-bond donors (Lipinski definition) is 0. The third kappa shape index (κ3) is 4.05. The average molecular weight is 287 g/mol. The van der Waals surface area contributed by atoms with E-state index in [9.17, 15) is 0 Å². The highest BCUT2D eigenvalue weighted by molar-refractivity contribution is 6.62. The van der Waals surface area contributed by atoms with Gasteiger partial charge in [0.15, 0.2) is 0 Å². The van der Waals surface area contributed by atoms with Crippen LogP contribution in [-0.4, -0.2) is 38.3 Å². The van der Waals surface area contributed by atoms with Gasteiger partial charge in [-0.1, -0.05) is 39.1 Å². The van der Waals surface area contributed by atoms with Gasteiger partial charge in [0.05, 0.1) is 0 Å². The first kappa shape index (κ1) is 15.5. The fourth-order valence-corrected chi connectivity index (χ4v) is 2.10. The molecule has 0 N–H and O–H groups in total. The molecule has 5 heteroatoms. The summed E-state index contributed by atoms with van der Waals surface area (Å²) in [5.74, 6) is 1.82. The largest absolute Gasteiger partial charge is 0.632 e. The quantitative estimate of drug-likeness (QED) is 0.719. The molecule has 0 aromatic heterocycles. The van der Waals surface area contributed by atoms with E-state index < -0.39 is 7.12 Å². The zero-order valence-electron chi connectivity index (χ0n) is 12.8. The van der Waals surface area contributed by atoms with Crippen LogP contribution in [0.4, 0.5) is 0 Å². The lowest BCUT2D eigenvalue weighted by molar-refractivity contribution is 0.223. The molecule has 1 aromatic carbocycles. The molecule has 1 heterocycles. The Hall–Kier alpha value is -1.88. The summed E-state index contributed by atoms with van der Waals surface area (Å²) in [6, 6.07) is 7.72. The van der Waals surface area contributed by atoms with Crippen LogP contribution in [0.3, 0.4) is 0 Å². The van der Waals surface area contributed by atoms with E-state index in [-0.39, 0.29) is 0 Å². The third-order valence-corrected chi connectivity index (χ3v) is 3.53. The standard InChI is InChI=1S/C16H22BNO3/c1-5-18(6-2)11-12-19-16-9-7-15(8-10-16)17-20-13(3)14(4)21-17/h7-10H,3-6,11-12H2,1-2H3. The molecule has 21 heavy (non-hydrogen) atoms. The maximum atomic E-state index is 5.74. The van der Waals surface area contributed by atoms with Crippen molar-refractivity contribution >= 4 is 12.6 Å². The van der Waals surface area contributed by atoms with E-state index in [2.05, 4.69) is 31.9 Å². The second-order valence-electron chi connectivity index (χ2n) is 4.86. The van der Waals surface area contributed by atoms with Crippen molar-refractivity contribution in [2.75, 3.05) is 26.2 Å². The van der Waals surface area contributed by atoms with Crippen LogP contribution >= 0.6 is 0 Å². The Morgan fingerprint density at radius 3 is 2.14 bits per heavy atom. The number of likely N-dealkylation sites (N-methyl/N-ethyl adjacent to an activating group) is 1. The molecule has 1 saturated heterocycles. The van der Waals surface area contributed by atoms with Crippen molar-refractivity contribution in [1.82, 2.24) is 4.90 Å². The Morgan fingerprint density at radius 2 is 1.62 bits per heavy atom. The molecule has 1 fully saturated rings. The molecule has 2 rings (SSSR count). The lowest BCUT2D eigenvalue weighted by Crippen LogP contribution is -2.31. The van der Waals surface area contributed by atoms with Gasteiger partial charge >= 0.3 is 7.12 Å². The summed E-state index contributed by atoms with van der Waals surface area (Å²) in [6.07, 6.45) is 0. The summed E-state index contributed by atoms with van der Waals surface area (Å²) in [7, 11) is -0.449. The molecule has 0 atom stereocenters. The van der Waals surface area contributed by atoms with Crippen LogP contribution in [0.25, 0.3) is 0 Å². The summed E-state index contributed by atoms with van der Waals surface area (Å²) in [5.41, 5.74) is 0.922. The fourth-order valence-electron chi connectivity index (χ4n) is 2.10. The summed E-state index contributed by atoms with van der Waals surface area (Å²) >= 11 is 0. The molecular formula is C16H22BNO3. The molecule has 0 radical (unpaired) electrons. The smallest absolute Gasteiger partial charge is 0.520 e. The van der Waals surface area contributed by atoms with E-state index in [1.165, 1.54) is 0 Å². The molecule has 0 bridgehead atoms.